The average Bonchev–Trinajstić information content (AvgIpc) is 4.14. The number of carbonyl (C=O) groups excluding carboxylic acids is 4. The van der Waals surface area contributed by atoms with Crippen molar-refractivity contribution in [3.8, 4) is 28.1 Å². The second-order valence-electron chi connectivity index (χ2n) is 19.0. The Labute approximate surface area is 384 Å². The van der Waals surface area contributed by atoms with Gasteiger partial charge in [0.25, 0.3) is 0 Å². The zero-order valence-corrected chi connectivity index (χ0v) is 39.1. The average molecular weight is 903 g/mol. The van der Waals surface area contributed by atoms with Gasteiger partial charge in [0.15, 0.2) is 0 Å². The van der Waals surface area contributed by atoms with Crippen LogP contribution in [0.15, 0.2) is 48.7 Å². The van der Waals surface area contributed by atoms with Crippen LogP contribution in [0.2, 0.25) is 0 Å². The number of fused-ring (bicyclic) bond motifs is 6. The lowest BCUT2D eigenvalue weighted by Crippen LogP contribution is -2.55. The number of rotatable bonds is 10. The number of alkyl carbamates (subject to hydrolysis) is 2. The Balaban J connectivity index is 0.964. The van der Waals surface area contributed by atoms with Crippen molar-refractivity contribution >= 4 is 45.8 Å². The van der Waals surface area contributed by atoms with Crippen molar-refractivity contribution in [1.29, 1.82) is 0 Å². The van der Waals surface area contributed by atoms with E-state index in [0.29, 0.717) is 31.1 Å². The molecule has 4 N–H and O–H groups in total. The van der Waals surface area contributed by atoms with E-state index < -0.39 is 24.3 Å². The number of methoxy groups -OCH3 is 2. The van der Waals surface area contributed by atoms with Crippen LogP contribution >= 0.6 is 0 Å². The molecule has 2 aromatic heterocycles. The van der Waals surface area contributed by atoms with E-state index in [1.165, 1.54) is 14.2 Å². The van der Waals surface area contributed by atoms with Crippen LogP contribution in [0.4, 0.5) is 9.59 Å². The van der Waals surface area contributed by atoms with Crippen molar-refractivity contribution in [3.63, 3.8) is 0 Å². The molecule has 350 valence electrons. The molecule has 9 atom stereocenters. The molecule has 6 heterocycles. The standard InChI is InChI=1S/C50H62N8O8/c1-9-25(2)42(55-49(61)63-7)47(59)57-26(3)10-16-39(57)45-51-23-38(53-45)31-12-14-34-33(20-31)24-65-41-22-35-30(21-36(34)41)13-15-37-44(35)54-46(52-37)40-17-11-27(4)58(40)48(60)43(56-50(62)64-8)32-18-28(5)66-29(6)19-32/h12-15,20-23,25-29,32,39-40,42-43H,9-11,16-19,24H2,1-8H3,(H,51,53)(H,52,54)(H,55,61)(H,56,62)/t25-,26-,27-,28+,29+,39-,40-,42?,43-/m0/s1. The minimum atomic E-state index is -0.755. The summed E-state index contributed by atoms with van der Waals surface area (Å²) in [7, 11) is 2.62. The van der Waals surface area contributed by atoms with Gasteiger partial charge in [0.1, 0.15) is 36.1 Å². The fourth-order valence-electron chi connectivity index (χ4n) is 11.0. The number of hydrogen-bond acceptors (Lipinski definition) is 10. The van der Waals surface area contributed by atoms with Gasteiger partial charge in [-0.3, -0.25) is 9.59 Å². The highest BCUT2D eigenvalue weighted by atomic mass is 16.5. The molecule has 4 aliphatic heterocycles. The summed E-state index contributed by atoms with van der Waals surface area (Å²) in [5, 5.41) is 7.67. The lowest BCUT2D eigenvalue weighted by molar-refractivity contribution is -0.140. The van der Waals surface area contributed by atoms with Crippen LogP contribution in [-0.4, -0.2) is 104 Å². The van der Waals surface area contributed by atoms with Crippen molar-refractivity contribution in [2.24, 2.45) is 11.8 Å². The van der Waals surface area contributed by atoms with Gasteiger partial charge in [-0.1, -0.05) is 38.5 Å². The number of hydrogen-bond donors (Lipinski definition) is 4. The summed E-state index contributed by atoms with van der Waals surface area (Å²) in [6.07, 6.45) is 5.65. The number of aromatic amines is 2. The molecule has 1 unspecified atom stereocenters. The zero-order valence-electron chi connectivity index (χ0n) is 39.1. The Hall–Kier alpha value is -6.16. The monoisotopic (exact) mass is 902 g/mol. The Kier molecular flexibility index (Phi) is 12.5. The molecule has 4 amide bonds. The number of amides is 4. The smallest absolute Gasteiger partial charge is 0.407 e. The fourth-order valence-corrected chi connectivity index (χ4v) is 11.0. The summed E-state index contributed by atoms with van der Waals surface area (Å²) in [6.45, 7) is 12.5. The summed E-state index contributed by atoms with van der Waals surface area (Å²) in [6, 6.07) is 12.6. The highest BCUT2D eigenvalue weighted by Gasteiger charge is 2.45. The van der Waals surface area contributed by atoms with E-state index in [1.807, 2.05) is 56.7 Å². The SMILES string of the molecule is CC[C@H](C)C(NC(=O)OC)C(=O)N1[C@@H](C)CC[C@H]1c1ncc(-c2ccc3c(c2)COc2cc4c(ccc5nc([C@@H]6CC[C@H](C)N6C(=O)[C@@H](NC(=O)OC)C6C[C@@H](C)O[C@H](C)C6)[nH]c54)cc2-3)[nH]1. The van der Waals surface area contributed by atoms with Gasteiger partial charge in [-0.2, -0.15) is 0 Å². The van der Waals surface area contributed by atoms with Crippen LogP contribution < -0.4 is 15.4 Å². The highest BCUT2D eigenvalue weighted by Crippen LogP contribution is 2.44. The molecule has 0 bridgehead atoms. The molecule has 16 nitrogen and oxygen atoms in total. The van der Waals surface area contributed by atoms with E-state index in [-0.39, 0.29) is 60.0 Å². The predicted molar refractivity (Wildman–Crippen MR) is 248 cm³/mol. The molecule has 5 aromatic rings. The van der Waals surface area contributed by atoms with Crippen LogP contribution in [0.25, 0.3) is 44.2 Å². The van der Waals surface area contributed by atoms with E-state index in [1.54, 1.807) is 0 Å². The summed E-state index contributed by atoms with van der Waals surface area (Å²) >= 11 is 0. The number of nitrogens with one attached hydrogen (secondary N) is 4. The van der Waals surface area contributed by atoms with Crippen LogP contribution in [0.1, 0.15) is 116 Å². The quantitative estimate of drug-likeness (QED) is 0.106. The third kappa shape index (κ3) is 8.32. The molecular weight excluding hydrogens is 841 g/mol. The maximum Gasteiger partial charge on any atom is 0.407 e. The molecule has 4 aliphatic rings. The van der Waals surface area contributed by atoms with Crippen molar-refractivity contribution in [2.75, 3.05) is 14.2 Å². The molecule has 16 heteroatoms. The second kappa shape index (κ2) is 18.3. The van der Waals surface area contributed by atoms with Crippen LogP contribution in [0.5, 0.6) is 5.75 Å². The number of carbonyl (C=O) groups is 4. The number of H-pyrrole nitrogens is 2. The number of benzene rings is 3. The predicted octanol–water partition coefficient (Wildman–Crippen LogP) is 8.47. The molecule has 0 radical (unpaired) electrons. The summed E-state index contributed by atoms with van der Waals surface area (Å²) < 4.78 is 22.3. The van der Waals surface area contributed by atoms with E-state index in [0.717, 1.165) is 87.6 Å². The van der Waals surface area contributed by atoms with Crippen molar-refractivity contribution in [2.45, 2.75) is 142 Å². The topological polar surface area (TPSA) is 193 Å². The molecule has 0 saturated carbocycles. The number of aromatic nitrogens is 4. The van der Waals surface area contributed by atoms with Gasteiger partial charge in [-0.25, -0.2) is 19.6 Å². The minimum absolute atomic E-state index is 0.0190. The normalized spacial score (nSPS) is 25.1. The van der Waals surface area contributed by atoms with Crippen molar-refractivity contribution in [3.05, 3.63) is 65.9 Å². The van der Waals surface area contributed by atoms with Gasteiger partial charge >= 0.3 is 12.2 Å². The largest absolute Gasteiger partial charge is 0.488 e. The van der Waals surface area contributed by atoms with Crippen LogP contribution in [-0.2, 0) is 30.4 Å². The first kappa shape index (κ1) is 45.0. The van der Waals surface area contributed by atoms with Gasteiger partial charge in [0, 0.05) is 23.0 Å². The van der Waals surface area contributed by atoms with Gasteiger partial charge in [-0.15, -0.1) is 0 Å². The van der Waals surface area contributed by atoms with E-state index in [9.17, 15) is 19.2 Å². The molecule has 0 spiro atoms. The third-order valence-electron chi connectivity index (χ3n) is 14.6. The minimum Gasteiger partial charge on any atom is -0.488 e. The van der Waals surface area contributed by atoms with E-state index in [2.05, 4.69) is 63.9 Å². The Morgan fingerprint density at radius 3 is 2.20 bits per heavy atom. The molecule has 3 fully saturated rings. The second-order valence-corrected chi connectivity index (χ2v) is 19.0. The van der Waals surface area contributed by atoms with Crippen LogP contribution in [0.3, 0.4) is 0 Å². The maximum absolute atomic E-state index is 14.6. The first-order chi connectivity index (χ1) is 31.8. The lowest BCUT2D eigenvalue weighted by atomic mass is 9.85. The summed E-state index contributed by atoms with van der Waals surface area (Å²) in [5.74, 6) is 1.75. The highest BCUT2D eigenvalue weighted by molar-refractivity contribution is 6.07. The van der Waals surface area contributed by atoms with E-state index >= 15 is 0 Å². The molecule has 9 rings (SSSR count). The van der Waals surface area contributed by atoms with Gasteiger partial charge in [-0.05, 0) is 124 Å². The third-order valence-corrected chi connectivity index (χ3v) is 14.6. The number of likely N-dealkylation sites (tertiary alicyclic amines) is 2. The number of nitrogens with zero attached hydrogens (tertiary/aromatic N) is 4. The molecule has 0 aliphatic carbocycles. The van der Waals surface area contributed by atoms with Crippen LogP contribution in [0, 0.1) is 11.8 Å². The summed E-state index contributed by atoms with van der Waals surface area (Å²) in [4.78, 5) is 74.3. The van der Waals surface area contributed by atoms with Gasteiger partial charge in [0.05, 0.1) is 61.4 Å². The van der Waals surface area contributed by atoms with Crippen molar-refractivity contribution in [1.82, 2.24) is 40.4 Å². The number of ether oxygens (including phenoxy) is 4. The maximum atomic E-state index is 14.6. The zero-order chi connectivity index (χ0) is 46.6. The van der Waals surface area contributed by atoms with Gasteiger partial charge < -0.3 is 49.3 Å². The first-order valence-corrected chi connectivity index (χ1v) is 23.5. The lowest BCUT2D eigenvalue weighted by Gasteiger charge is -2.39. The molecule has 3 saturated heterocycles. The molecule has 3 aromatic carbocycles. The number of imidazole rings is 2. The summed E-state index contributed by atoms with van der Waals surface area (Å²) in [5.41, 5.74) is 6.59. The van der Waals surface area contributed by atoms with Crippen molar-refractivity contribution < 1.29 is 38.1 Å². The Bertz CT molecular complexity index is 2650. The fraction of sp³-hybridized carbons (Fsp3) is 0.520. The Morgan fingerprint density at radius 2 is 1.50 bits per heavy atom. The Morgan fingerprint density at radius 1 is 0.818 bits per heavy atom. The van der Waals surface area contributed by atoms with Gasteiger partial charge in [0.2, 0.25) is 11.8 Å². The van der Waals surface area contributed by atoms with E-state index in [4.69, 9.17) is 28.9 Å². The molecular formula is C50H62N8O8. The first-order valence-electron chi connectivity index (χ1n) is 23.5. The molecule has 66 heavy (non-hydrogen) atoms.